The van der Waals surface area contributed by atoms with E-state index in [4.69, 9.17) is 4.98 Å². The Hall–Kier alpha value is -4.08. The lowest BCUT2D eigenvalue weighted by molar-refractivity contribution is -0.141. The molecule has 47 heavy (non-hydrogen) atoms. The highest BCUT2D eigenvalue weighted by Gasteiger charge is 2.34. The van der Waals surface area contributed by atoms with Crippen molar-refractivity contribution < 1.29 is 19.5 Å². The first-order chi connectivity index (χ1) is 22.9. The minimum Gasteiger partial charge on any atom is -0.396 e. The van der Waals surface area contributed by atoms with Gasteiger partial charge < -0.3 is 19.8 Å². The van der Waals surface area contributed by atoms with E-state index in [0.29, 0.717) is 37.8 Å². The van der Waals surface area contributed by atoms with Crippen molar-refractivity contribution in [3.63, 3.8) is 0 Å². The smallest absolute Gasteiger partial charge is 0.254 e. The van der Waals surface area contributed by atoms with E-state index in [9.17, 15) is 19.5 Å². The van der Waals surface area contributed by atoms with Crippen LogP contribution >= 0.6 is 0 Å². The number of aromatic nitrogens is 1. The van der Waals surface area contributed by atoms with Crippen LogP contribution in [0, 0.1) is 5.92 Å². The molecule has 0 saturated carbocycles. The summed E-state index contributed by atoms with van der Waals surface area (Å²) in [5, 5.41) is 9.19. The number of pyridine rings is 1. The molecule has 3 saturated heterocycles. The van der Waals surface area contributed by atoms with Crippen molar-refractivity contribution in [2.45, 2.75) is 51.5 Å². The summed E-state index contributed by atoms with van der Waals surface area (Å²) in [6.07, 6.45) is 4.99. The van der Waals surface area contributed by atoms with E-state index in [1.807, 2.05) is 69.3 Å². The van der Waals surface area contributed by atoms with Gasteiger partial charge in [-0.2, -0.15) is 0 Å². The van der Waals surface area contributed by atoms with Gasteiger partial charge >= 0.3 is 0 Å². The molecule has 0 radical (unpaired) electrons. The maximum atomic E-state index is 13.9. The minimum atomic E-state index is 0.0290. The third-order valence-electron chi connectivity index (χ3n) is 10.2. The number of piperidine rings is 2. The number of aryl methyl sites for hydroxylation is 1. The maximum Gasteiger partial charge on any atom is 0.254 e. The Kier molecular flexibility index (Phi) is 10.6. The molecule has 4 heterocycles. The number of aliphatic hydroxyl groups is 1. The lowest BCUT2D eigenvalue weighted by Gasteiger charge is -2.43. The van der Waals surface area contributed by atoms with E-state index in [2.05, 4.69) is 17.0 Å². The highest BCUT2D eigenvalue weighted by atomic mass is 16.3. The van der Waals surface area contributed by atoms with Gasteiger partial charge in [0.1, 0.15) is 0 Å². The van der Waals surface area contributed by atoms with E-state index in [1.165, 1.54) is 5.56 Å². The lowest BCUT2D eigenvalue weighted by Crippen LogP contribution is -2.55. The summed E-state index contributed by atoms with van der Waals surface area (Å²) in [5.74, 6) is 0.412. The number of amides is 3. The Bertz CT molecular complexity index is 1520. The van der Waals surface area contributed by atoms with Gasteiger partial charge in [-0.25, -0.2) is 4.98 Å². The van der Waals surface area contributed by atoms with Crippen molar-refractivity contribution in [2.24, 2.45) is 5.92 Å². The summed E-state index contributed by atoms with van der Waals surface area (Å²) >= 11 is 0. The Balaban J connectivity index is 1.07. The van der Waals surface area contributed by atoms with Crippen LogP contribution in [0.2, 0.25) is 0 Å². The third kappa shape index (κ3) is 7.91. The van der Waals surface area contributed by atoms with E-state index in [1.54, 1.807) is 6.92 Å². The Morgan fingerprint density at radius 3 is 1.91 bits per heavy atom. The first kappa shape index (κ1) is 32.8. The fraction of sp³-hybridized carbons (Fsp3) is 0.474. The fourth-order valence-electron chi connectivity index (χ4n) is 7.31. The zero-order valence-electron chi connectivity index (χ0n) is 27.5. The van der Waals surface area contributed by atoms with Crippen LogP contribution in [-0.2, 0) is 16.0 Å². The molecule has 1 aromatic heterocycles. The zero-order valence-corrected chi connectivity index (χ0v) is 27.5. The molecule has 0 unspecified atom stereocenters. The molecular weight excluding hydrogens is 590 g/mol. The van der Waals surface area contributed by atoms with E-state index >= 15 is 0 Å². The zero-order chi connectivity index (χ0) is 32.8. The van der Waals surface area contributed by atoms with Crippen molar-refractivity contribution in [3.05, 3.63) is 77.9 Å². The quantitative estimate of drug-likeness (QED) is 0.395. The maximum absolute atomic E-state index is 13.9. The van der Waals surface area contributed by atoms with Gasteiger partial charge in [-0.15, -0.1) is 0 Å². The van der Waals surface area contributed by atoms with Gasteiger partial charge in [0.15, 0.2) is 0 Å². The van der Waals surface area contributed by atoms with Crippen LogP contribution < -0.4 is 0 Å². The number of hydrogen-bond donors (Lipinski definition) is 1. The number of likely N-dealkylation sites (tertiary alicyclic amines) is 2. The molecule has 0 bridgehead atoms. The van der Waals surface area contributed by atoms with Crippen LogP contribution in [-0.4, -0.2) is 112 Å². The van der Waals surface area contributed by atoms with Crippen LogP contribution in [0.5, 0.6) is 0 Å². The van der Waals surface area contributed by atoms with Crippen LogP contribution in [0.4, 0.5) is 0 Å². The van der Waals surface area contributed by atoms with Crippen LogP contribution in [0.3, 0.4) is 0 Å². The van der Waals surface area contributed by atoms with Gasteiger partial charge in [0.05, 0.1) is 11.4 Å². The van der Waals surface area contributed by atoms with Gasteiger partial charge in [-0.05, 0) is 56.2 Å². The lowest BCUT2D eigenvalue weighted by atomic mass is 9.93. The van der Waals surface area contributed by atoms with Gasteiger partial charge in [-0.1, -0.05) is 54.6 Å². The number of aliphatic hydroxyl groups excluding tert-OH is 1. The molecule has 3 aromatic rings. The summed E-state index contributed by atoms with van der Waals surface area (Å²) in [4.78, 5) is 52.1. The van der Waals surface area contributed by atoms with Crippen molar-refractivity contribution in [1.29, 1.82) is 0 Å². The largest absolute Gasteiger partial charge is 0.396 e. The summed E-state index contributed by atoms with van der Waals surface area (Å²) in [6.45, 7) is 7.68. The molecular formula is C38H47N5O4. The average molecular weight is 638 g/mol. The van der Waals surface area contributed by atoms with E-state index in [0.717, 1.165) is 87.2 Å². The van der Waals surface area contributed by atoms with Gasteiger partial charge in [-0.3, -0.25) is 19.3 Å². The monoisotopic (exact) mass is 637 g/mol. The number of nitrogens with zero attached hydrogens (tertiary/aromatic N) is 5. The summed E-state index contributed by atoms with van der Waals surface area (Å²) < 4.78 is 0. The van der Waals surface area contributed by atoms with Crippen LogP contribution in [0.25, 0.3) is 22.5 Å². The van der Waals surface area contributed by atoms with Gasteiger partial charge in [0.25, 0.3) is 5.91 Å². The molecule has 248 valence electrons. The average Bonchev–Trinajstić information content (AvgIpc) is 3.14. The topological polar surface area (TPSA) is 97.3 Å². The van der Waals surface area contributed by atoms with Gasteiger partial charge in [0.2, 0.25) is 11.8 Å². The number of rotatable bonds is 8. The van der Waals surface area contributed by atoms with Crippen molar-refractivity contribution in [2.75, 3.05) is 59.0 Å². The Morgan fingerprint density at radius 1 is 0.723 bits per heavy atom. The Morgan fingerprint density at radius 2 is 1.32 bits per heavy atom. The number of hydrogen-bond acceptors (Lipinski definition) is 6. The highest BCUT2D eigenvalue weighted by molar-refractivity contribution is 5.96. The number of benzene rings is 2. The highest BCUT2D eigenvalue weighted by Crippen LogP contribution is 2.28. The SMILES string of the molecule is CC(=O)N1CCC(C(=O)N2CCC(N3CCN(C(=O)c4cc(-c5ccccc5)nc(-c5ccc(CCCO)cc5)c4)CC3)CC2)CC1. The van der Waals surface area contributed by atoms with Crippen LogP contribution in [0.15, 0.2) is 66.7 Å². The second-order valence-electron chi connectivity index (χ2n) is 13.2. The summed E-state index contributed by atoms with van der Waals surface area (Å²) in [5.41, 5.74) is 5.29. The standard InChI is InChI=1S/C38H47N5O4/c1-28(45)40-17-13-32(14-18-40)37(46)42-19-15-34(16-20-42)41-21-23-43(24-22-41)38(47)33-26-35(30-7-3-2-4-8-30)39-36(27-33)31-11-9-29(10-12-31)6-5-25-44/h2-4,7-12,26-27,32,34,44H,5-6,13-25H2,1H3. The van der Waals surface area contributed by atoms with E-state index in [-0.39, 0.29) is 30.2 Å². The second-order valence-corrected chi connectivity index (χ2v) is 13.2. The number of carbonyl (C=O) groups excluding carboxylic acids is 3. The Labute approximate surface area is 278 Å². The molecule has 0 aliphatic carbocycles. The molecule has 2 aromatic carbocycles. The van der Waals surface area contributed by atoms with E-state index < -0.39 is 0 Å². The number of piperazine rings is 1. The second kappa shape index (κ2) is 15.2. The van der Waals surface area contributed by atoms with Crippen molar-refractivity contribution >= 4 is 17.7 Å². The minimum absolute atomic E-state index is 0.0290. The molecule has 6 rings (SSSR count). The molecule has 9 heteroatoms. The molecule has 9 nitrogen and oxygen atoms in total. The van der Waals surface area contributed by atoms with Crippen molar-refractivity contribution in [3.8, 4) is 22.5 Å². The number of carbonyl (C=O) groups is 3. The molecule has 0 spiro atoms. The van der Waals surface area contributed by atoms with Crippen LogP contribution in [0.1, 0.15) is 54.9 Å². The summed E-state index contributed by atoms with van der Waals surface area (Å²) in [7, 11) is 0. The van der Waals surface area contributed by atoms with Gasteiger partial charge in [0, 0.05) is 94.5 Å². The molecule has 1 N–H and O–H groups in total. The first-order valence-electron chi connectivity index (χ1n) is 17.2. The molecule has 3 aliphatic rings. The molecule has 3 fully saturated rings. The predicted octanol–water partition coefficient (Wildman–Crippen LogP) is 4.35. The summed E-state index contributed by atoms with van der Waals surface area (Å²) in [6, 6.07) is 22.5. The molecule has 0 atom stereocenters. The predicted molar refractivity (Wildman–Crippen MR) is 183 cm³/mol. The first-order valence-corrected chi connectivity index (χ1v) is 17.2. The molecule has 3 aliphatic heterocycles. The van der Waals surface area contributed by atoms with Crippen molar-refractivity contribution in [1.82, 2.24) is 24.6 Å². The third-order valence-corrected chi connectivity index (χ3v) is 10.2. The molecule has 3 amide bonds. The fourth-order valence-corrected chi connectivity index (χ4v) is 7.31. The normalized spacial score (nSPS) is 18.4.